The molecule has 1 N–H and O–H groups in total. The molecule has 0 amide bonds. The van der Waals surface area contributed by atoms with Crippen LogP contribution in [0.4, 0.5) is 22.0 Å². The molecular formula is C35H30F5NO6S. The second kappa shape index (κ2) is 13.0. The number of sulfonamides is 1. The van der Waals surface area contributed by atoms with Crippen LogP contribution in [0, 0.1) is 6.92 Å². The zero-order valence-electron chi connectivity index (χ0n) is 25.9. The van der Waals surface area contributed by atoms with Gasteiger partial charge in [0, 0.05) is 17.5 Å². The number of hydrogen-bond donors (Lipinski definition) is 1. The van der Waals surface area contributed by atoms with Crippen molar-refractivity contribution in [1.29, 1.82) is 0 Å². The van der Waals surface area contributed by atoms with Gasteiger partial charge < -0.3 is 14.3 Å². The molecule has 0 saturated carbocycles. The van der Waals surface area contributed by atoms with E-state index < -0.39 is 53.0 Å². The second-order valence-corrected chi connectivity index (χ2v) is 13.6. The van der Waals surface area contributed by atoms with Crippen LogP contribution < -0.4 is 4.74 Å². The van der Waals surface area contributed by atoms with Gasteiger partial charge in [0.15, 0.2) is 0 Å². The lowest BCUT2D eigenvalue weighted by molar-refractivity contribution is -0.153. The summed E-state index contributed by atoms with van der Waals surface area (Å²) in [5, 5.41) is 10.6. The quantitative estimate of drug-likeness (QED) is 0.140. The summed E-state index contributed by atoms with van der Waals surface area (Å²) in [6.07, 6.45) is -4.82. The number of fused-ring (bicyclic) bond motifs is 1. The van der Waals surface area contributed by atoms with Gasteiger partial charge in [0.2, 0.25) is 15.8 Å². The zero-order valence-corrected chi connectivity index (χ0v) is 26.7. The summed E-state index contributed by atoms with van der Waals surface area (Å²) in [7, 11) is -4.53. The highest BCUT2D eigenvalue weighted by molar-refractivity contribution is 7.89. The lowest BCUT2D eigenvalue weighted by Gasteiger charge is -2.25. The van der Waals surface area contributed by atoms with Crippen molar-refractivity contribution >= 4 is 26.8 Å². The highest BCUT2D eigenvalue weighted by Gasteiger charge is 2.36. The van der Waals surface area contributed by atoms with Crippen molar-refractivity contribution in [2.75, 3.05) is 0 Å². The molecule has 13 heteroatoms. The average Bonchev–Trinajstić information content (AvgIpc) is 3.50. The van der Waals surface area contributed by atoms with Gasteiger partial charge in [-0.15, -0.1) is 0 Å². The van der Waals surface area contributed by atoms with Gasteiger partial charge in [0.25, 0.3) is 0 Å². The molecule has 5 aromatic rings. The molecule has 48 heavy (non-hydrogen) atoms. The molecule has 0 bridgehead atoms. The molecule has 7 nitrogen and oxygen atoms in total. The molecule has 0 fully saturated rings. The average molecular weight is 688 g/mol. The topological polar surface area (TPSA) is 97.1 Å². The summed E-state index contributed by atoms with van der Waals surface area (Å²) < 4.78 is 107. The van der Waals surface area contributed by atoms with Crippen LogP contribution in [0.25, 0.3) is 21.9 Å². The molecular weight excluding hydrogens is 657 g/mol. The first-order chi connectivity index (χ1) is 22.5. The Morgan fingerprint density at radius 3 is 2.27 bits per heavy atom. The predicted octanol–water partition coefficient (Wildman–Crippen LogP) is 8.78. The standard InChI is InChI=1S/C35H30F5NO6S/c1-21-11-12-22-7-4-5-10-28(22)31(21)48(44,45)41(20-27-15-16-30(46-27)35(38,39)40)19-25-14-13-24(18-29(25)47-33(36)37)23-8-6-9-26(17-23)34(2,3)32(42)43/h4-18,33H,19-20H2,1-3H3,(H,42,43). The van der Waals surface area contributed by atoms with Gasteiger partial charge in [0.05, 0.1) is 16.9 Å². The Balaban J connectivity index is 1.62. The fourth-order valence-corrected chi connectivity index (χ4v) is 7.11. The van der Waals surface area contributed by atoms with Gasteiger partial charge in [-0.3, -0.25) is 4.79 Å². The first-order valence-corrected chi connectivity index (χ1v) is 16.0. The van der Waals surface area contributed by atoms with E-state index in [4.69, 9.17) is 9.15 Å². The van der Waals surface area contributed by atoms with E-state index in [9.17, 15) is 40.3 Å². The molecule has 1 heterocycles. The van der Waals surface area contributed by atoms with Gasteiger partial charge in [0.1, 0.15) is 11.5 Å². The van der Waals surface area contributed by atoms with Crippen LogP contribution in [0.1, 0.15) is 42.1 Å². The number of carbonyl (C=O) groups is 1. The molecule has 0 saturated heterocycles. The number of ether oxygens (including phenoxy) is 1. The van der Waals surface area contributed by atoms with E-state index in [1.807, 2.05) is 0 Å². The van der Waals surface area contributed by atoms with Crippen molar-refractivity contribution in [2.45, 2.75) is 57.0 Å². The van der Waals surface area contributed by atoms with Gasteiger partial charge in [-0.1, -0.05) is 72.8 Å². The van der Waals surface area contributed by atoms with E-state index >= 15 is 0 Å². The van der Waals surface area contributed by atoms with Gasteiger partial charge in [-0.05, 0) is 66.6 Å². The Hall–Kier alpha value is -4.75. The maximum atomic E-state index is 14.4. The number of alkyl halides is 5. The van der Waals surface area contributed by atoms with E-state index in [-0.39, 0.29) is 22.0 Å². The van der Waals surface area contributed by atoms with Gasteiger partial charge in [-0.2, -0.15) is 26.3 Å². The molecule has 5 rings (SSSR count). The van der Waals surface area contributed by atoms with Crippen LogP contribution in [-0.4, -0.2) is 30.4 Å². The Kier molecular flexibility index (Phi) is 9.39. The maximum Gasteiger partial charge on any atom is 0.449 e. The van der Waals surface area contributed by atoms with E-state index in [0.29, 0.717) is 39.1 Å². The van der Waals surface area contributed by atoms with Crippen LogP contribution in [0.3, 0.4) is 0 Å². The third kappa shape index (κ3) is 7.07. The van der Waals surface area contributed by atoms with Crippen LogP contribution in [0.2, 0.25) is 0 Å². The summed E-state index contributed by atoms with van der Waals surface area (Å²) in [5.74, 6) is -3.10. The van der Waals surface area contributed by atoms with Crippen molar-refractivity contribution in [2.24, 2.45) is 0 Å². The SMILES string of the molecule is Cc1ccc2ccccc2c1S(=O)(=O)N(Cc1ccc(C(F)(F)F)o1)Cc1ccc(-c2cccc(C(C)(C)C(=O)O)c2)cc1OC(F)F. The van der Waals surface area contributed by atoms with E-state index in [0.717, 1.165) is 10.4 Å². The van der Waals surface area contributed by atoms with Crippen LogP contribution in [0.5, 0.6) is 5.75 Å². The van der Waals surface area contributed by atoms with Crippen LogP contribution in [-0.2, 0) is 39.5 Å². The molecule has 0 aliphatic rings. The third-order valence-electron chi connectivity index (χ3n) is 8.03. The maximum absolute atomic E-state index is 14.4. The molecule has 0 aliphatic carbocycles. The smallest absolute Gasteiger partial charge is 0.449 e. The molecule has 0 unspecified atom stereocenters. The number of aliphatic carboxylic acids is 1. The Morgan fingerprint density at radius 2 is 1.60 bits per heavy atom. The van der Waals surface area contributed by atoms with Crippen molar-refractivity contribution in [3.05, 3.63) is 119 Å². The van der Waals surface area contributed by atoms with Crippen LogP contribution >= 0.6 is 0 Å². The number of aryl methyl sites for hydroxylation is 1. The number of carboxylic acids is 1. The molecule has 0 atom stereocenters. The fraction of sp³-hybridized carbons (Fsp3) is 0.229. The lowest BCUT2D eigenvalue weighted by Crippen LogP contribution is -2.31. The minimum atomic E-state index is -4.82. The number of benzene rings is 4. The summed E-state index contributed by atoms with van der Waals surface area (Å²) >= 11 is 0. The molecule has 1 aromatic heterocycles. The first-order valence-electron chi connectivity index (χ1n) is 14.5. The summed E-state index contributed by atoms with van der Waals surface area (Å²) in [6, 6.07) is 22.4. The number of carboxylic acid groups (broad SMARTS) is 1. The minimum absolute atomic E-state index is 0.00913. The van der Waals surface area contributed by atoms with Crippen molar-refractivity contribution in [3.8, 4) is 16.9 Å². The Morgan fingerprint density at radius 1 is 0.896 bits per heavy atom. The third-order valence-corrected chi connectivity index (χ3v) is 10.0. The molecule has 0 aliphatic heterocycles. The Bertz CT molecular complexity index is 2090. The number of halogens is 5. The van der Waals surface area contributed by atoms with Crippen molar-refractivity contribution in [3.63, 3.8) is 0 Å². The largest absolute Gasteiger partial charge is 0.481 e. The number of furan rings is 1. The Labute approximate surface area is 273 Å². The van der Waals surface area contributed by atoms with Crippen molar-refractivity contribution < 1.29 is 49.4 Å². The van der Waals surface area contributed by atoms with E-state index in [1.165, 1.54) is 32.0 Å². The number of hydrogen-bond acceptors (Lipinski definition) is 5. The van der Waals surface area contributed by atoms with Gasteiger partial charge >= 0.3 is 18.8 Å². The summed E-state index contributed by atoms with van der Waals surface area (Å²) in [4.78, 5) is 11.7. The predicted molar refractivity (Wildman–Crippen MR) is 168 cm³/mol. The normalized spacial score (nSPS) is 12.6. The van der Waals surface area contributed by atoms with E-state index in [1.54, 1.807) is 67.6 Å². The highest BCUT2D eigenvalue weighted by atomic mass is 32.2. The van der Waals surface area contributed by atoms with Crippen molar-refractivity contribution in [1.82, 2.24) is 4.31 Å². The zero-order chi connectivity index (χ0) is 35.0. The first kappa shape index (κ1) is 34.6. The van der Waals surface area contributed by atoms with Crippen LogP contribution in [0.15, 0.2) is 100 Å². The monoisotopic (exact) mass is 687 g/mol. The molecule has 0 spiro atoms. The fourth-order valence-electron chi connectivity index (χ4n) is 5.31. The number of rotatable bonds is 11. The molecule has 252 valence electrons. The van der Waals surface area contributed by atoms with E-state index in [2.05, 4.69) is 0 Å². The second-order valence-electron chi connectivity index (χ2n) is 11.7. The summed E-state index contributed by atoms with van der Waals surface area (Å²) in [6.45, 7) is 0.0657. The molecule has 4 aromatic carbocycles. The van der Waals surface area contributed by atoms with Gasteiger partial charge in [-0.25, -0.2) is 8.42 Å². The minimum Gasteiger partial charge on any atom is -0.481 e. The highest BCUT2D eigenvalue weighted by Crippen LogP contribution is 2.37. The lowest BCUT2D eigenvalue weighted by atomic mass is 9.83. The molecule has 0 radical (unpaired) electrons. The number of nitrogens with zero attached hydrogens (tertiary/aromatic N) is 1. The summed E-state index contributed by atoms with van der Waals surface area (Å²) in [5.41, 5.74) is 0.399.